The van der Waals surface area contributed by atoms with Crippen molar-refractivity contribution in [1.82, 2.24) is 25.2 Å². The van der Waals surface area contributed by atoms with Gasteiger partial charge in [0.25, 0.3) is 0 Å². The number of sulfonamides is 1. The van der Waals surface area contributed by atoms with E-state index in [1.165, 1.54) is 4.90 Å². The summed E-state index contributed by atoms with van der Waals surface area (Å²) in [6.07, 6.45) is -0.193. The fraction of sp³-hybridized carbons (Fsp3) is 0.464. The smallest absolute Gasteiger partial charge is 0.243 e. The van der Waals surface area contributed by atoms with Gasteiger partial charge in [-0.1, -0.05) is 48.0 Å². The van der Waals surface area contributed by atoms with E-state index in [1.807, 2.05) is 0 Å². The van der Waals surface area contributed by atoms with Gasteiger partial charge in [0.05, 0.1) is 12.2 Å². The second-order valence-corrected chi connectivity index (χ2v) is 12.8. The highest BCUT2D eigenvalue weighted by Crippen LogP contribution is 2.21. The number of carbonyl (C=O) groups is 3. The van der Waals surface area contributed by atoms with Crippen LogP contribution in [0.15, 0.2) is 48.5 Å². The molecule has 2 heterocycles. The average molecular weight is 620 g/mol. The fourth-order valence-corrected chi connectivity index (χ4v) is 6.80. The van der Waals surface area contributed by atoms with Crippen molar-refractivity contribution in [2.45, 2.75) is 49.8 Å². The van der Waals surface area contributed by atoms with Crippen LogP contribution < -0.4 is 26.8 Å². The summed E-state index contributed by atoms with van der Waals surface area (Å²) in [5, 5.41) is 6.49. The van der Waals surface area contributed by atoms with Crippen molar-refractivity contribution in [1.29, 1.82) is 0 Å². The topological polar surface area (TPSA) is 180 Å². The standard InChI is InChI=1S/C28H38ClN7O5S/c29-22-7-6-20(15-30)21(12-22)16-33-27(38)25-13-23(31)17-36(25)28(39)24(14-26(37)35-10-8-32-9-11-35)34-42(40,41)18-19-4-2-1-3-5-19/h1-7,12,23-25,32,34H,8-11,13-18,30-31H2,(H,33,38)/t23?,24-,25+/m1/s1. The quantitative estimate of drug-likeness (QED) is 0.226. The third-order valence-corrected chi connectivity index (χ3v) is 9.02. The molecular weight excluding hydrogens is 582 g/mol. The minimum absolute atomic E-state index is 0.0425. The summed E-state index contributed by atoms with van der Waals surface area (Å²) in [6.45, 7) is 2.54. The number of rotatable bonds is 11. The van der Waals surface area contributed by atoms with E-state index >= 15 is 0 Å². The first kappa shape index (κ1) is 31.9. The number of halogens is 1. The van der Waals surface area contributed by atoms with Gasteiger partial charge in [0.15, 0.2) is 0 Å². The maximum atomic E-state index is 13.9. The summed E-state index contributed by atoms with van der Waals surface area (Å²) in [7, 11) is -4.03. The largest absolute Gasteiger partial charge is 0.350 e. The Hall–Kier alpha value is -3.07. The Morgan fingerprint density at radius 2 is 1.79 bits per heavy atom. The zero-order valence-electron chi connectivity index (χ0n) is 23.3. The molecule has 0 aromatic heterocycles. The van der Waals surface area contributed by atoms with Gasteiger partial charge in [-0.25, -0.2) is 13.1 Å². The van der Waals surface area contributed by atoms with Crippen molar-refractivity contribution in [2.75, 3.05) is 32.7 Å². The summed E-state index contributed by atoms with van der Waals surface area (Å²) < 4.78 is 28.8. The summed E-state index contributed by atoms with van der Waals surface area (Å²) >= 11 is 6.12. The number of hydrogen-bond acceptors (Lipinski definition) is 8. The molecule has 2 fully saturated rings. The molecule has 3 amide bonds. The van der Waals surface area contributed by atoms with Crippen LogP contribution >= 0.6 is 11.6 Å². The van der Waals surface area contributed by atoms with E-state index in [4.69, 9.17) is 23.1 Å². The van der Waals surface area contributed by atoms with E-state index in [0.717, 1.165) is 11.1 Å². The minimum Gasteiger partial charge on any atom is -0.350 e. The van der Waals surface area contributed by atoms with Gasteiger partial charge in [0, 0.05) is 56.9 Å². The molecule has 0 saturated carbocycles. The van der Waals surface area contributed by atoms with Crippen molar-refractivity contribution in [3.8, 4) is 0 Å². The lowest BCUT2D eigenvalue weighted by Gasteiger charge is -2.31. The number of hydrogen-bond donors (Lipinski definition) is 5. The number of benzene rings is 2. The van der Waals surface area contributed by atoms with Gasteiger partial charge in [-0.3, -0.25) is 14.4 Å². The maximum Gasteiger partial charge on any atom is 0.243 e. The highest BCUT2D eigenvalue weighted by molar-refractivity contribution is 7.88. The molecule has 2 aromatic carbocycles. The van der Waals surface area contributed by atoms with E-state index in [9.17, 15) is 22.8 Å². The van der Waals surface area contributed by atoms with Crippen LogP contribution in [0.1, 0.15) is 29.5 Å². The first-order valence-electron chi connectivity index (χ1n) is 13.9. The zero-order chi connectivity index (χ0) is 30.3. The lowest BCUT2D eigenvalue weighted by molar-refractivity contribution is -0.142. The molecule has 7 N–H and O–H groups in total. The average Bonchev–Trinajstić information content (AvgIpc) is 3.37. The molecule has 14 heteroatoms. The zero-order valence-corrected chi connectivity index (χ0v) is 24.9. The molecule has 228 valence electrons. The fourth-order valence-electron chi connectivity index (χ4n) is 5.27. The highest BCUT2D eigenvalue weighted by atomic mass is 35.5. The summed E-state index contributed by atoms with van der Waals surface area (Å²) in [5.74, 6) is -1.84. The maximum absolute atomic E-state index is 13.9. The first-order chi connectivity index (χ1) is 20.1. The van der Waals surface area contributed by atoms with Crippen LogP contribution in [0.5, 0.6) is 0 Å². The molecule has 0 aliphatic carbocycles. The Morgan fingerprint density at radius 1 is 1.07 bits per heavy atom. The molecule has 1 unspecified atom stereocenters. The predicted molar refractivity (Wildman–Crippen MR) is 159 cm³/mol. The van der Waals surface area contributed by atoms with Gasteiger partial charge in [-0.15, -0.1) is 0 Å². The number of nitrogens with zero attached hydrogens (tertiary/aromatic N) is 2. The molecular formula is C28H38ClN7O5S. The Labute approximate surface area is 251 Å². The molecule has 2 aromatic rings. The second kappa shape index (κ2) is 14.4. The number of likely N-dealkylation sites (tertiary alicyclic amines) is 1. The third kappa shape index (κ3) is 8.49. The summed E-state index contributed by atoms with van der Waals surface area (Å²) in [5.41, 5.74) is 14.1. The van der Waals surface area contributed by atoms with E-state index in [2.05, 4.69) is 15.4 Å². The van der Waals surface area contributed by atoms with Crippen LogP contribution in [0.3, 0.4) is 0 Å². The lowest BCUT2D eigenvalue weighted by atomic mass is 10.1. The van der Waals surface area contributed by atoms with Gasteiger partial charge < -0.3 is 31.9 Å². The van der Waals surface area contributed by atoms with Gasteiger partial charge in [-0.2, -0.15) is 0 Å². The number of piperazine rings is 1. The Balaban J connectivity index is 1.52. The molecule has 3 atom stereocenters. The first-order valence-corrected chi connectivity index (χ1v) is 15.9. The Morgan fingerprint density at radius 3 is 2.48 bits per heavy atom. The van der Waals surface area contributed by atoms with Crippen LogP contribution in [0, 0.1) is 0 Å². The number of amides is 3. The number of nitrogens with one attached hydrogen (secondary N) is 3. The van der Waals surface area contributed by atoms with Crippen LogP contribution in [-0.2, 0) is 43.2 Å². The van der Waals surface area contributed by atoms with Gasteiger partial charge in [0.2, 0.25) is 27.7 Å². The van der Waals surface area contributed by atoms with E-state index < -0.39 is 40.0 Å². The molecule has 2 saturated heterocycles. The Bertz CT molecular complexity index is 1370. The predicted octanol–water partition coefficient (Wildman–Crippen LogP) is -0.347. The molecule has 0 bridgehead atoms. The van der Waals surface area contributed by atoms with Crippen LogP contribution in [0.25, 0.3) is 0 Å². The van der Waals surface area contributed by atoms with Crippen LogP contribution in [0.4, 0.5) is 0 Å². The van der Waals surface area contributed by atoms with Crippen molar-refractivity contribution in [3.63, 3.8) is 0 Å². The third-order valence-electron chi connectivity index (χ3n) is 7.43. The Kier molecular flexibility index (Phi) is 10.9. The van der Waals surface area contributed by atoms with Crippen LogP contribution in [-0.4, -0.2) is 86.8 Å². The van der Waals surface area contributed by atoms with Crippen molar-refractivity contribution < 1.29 is 22.8 Å². The monoisotopic (exact) mass is 619 g/mol. The SMILES string of the molecule is NCc1ccc(Cl)cc1CNC(=O)[C@@H]1CC(N)CN1C(=O)[C@@H](CC(=O)N1CCNCC1)NS(=O)(=O)Cc1ccccc1. The minimum atomic E-state index is -4.03. The molecule has 0 radical (unpaired) electrons. The summed E-state index contributed by atoms with van der Waals surface area (Å²) in [6, 6.07) is 10.9. The van der Waals surface area contributed by atoms with E-state index in [0.29, 0.717) is 36.8 Å². The molecule has 0 spiro atoms. The van der Waals surface area contributed by atoms with Gasteiger partial charge in [-0.05, 0) is 35.2 Å². The van der Waals surface area contributed by atoms with Crippen molar-refractivity contribution in [2.24, 2.45) is 11.5 Å². The van der Waals surface area contributed by atoms with Gasteiger partial charge >= 0.3 is 0 Å². The number of nitrogens with two attached hydrogens (primary N) is 2. The highest BCUT2D eigenvalue weighted by Gasteiger charge is 2.42. The molecule has 12 nitrogen and oxygen atoms in total. The second-order valence-electron chi connectivity index (χ2n) is 10.6. The van der Waals surface area contributed by atoms with E-state index in [-0.39, 0.29) is 44.1 Å². The number of carbonyl (C=O) groups excluding carboxylic acids is 3. The van der Waals surface area contributed by atoms with Crippen molar-refractivity contribution in [3.05, 3.63) is 70.2 Å². The molecule has 2 aliphatic rings. The van der Waals surface area contributed by atoms with Crippen LogP contribution in [0.2, 0.25) is 5.02 Å². The summed E-state index contributed by atoms with van der Waals surface area (Å²) in [4.78, 5) is 43.3. The molecule has 2 aliphatic heterocycles. The van der Waals surface area contributed by atoms with Crippen molar-refractivity contribution >= 4 is 39.3 Å². The normalized spacial score (nSPS) is 19.9. The van der Waals surface area contributed by atoms with Gasteiger partial charge in [0.1, 0.15) is 12.1 Å². The molecule has 42 heavy (non-hydrogen) atoms. The lowest BCUT2D eigenvalue weighted by Crippen LogP contribution is -2.55. The molecule has 4 rings (SSSR count). The van der Waals surface area contributed by atoms with E-state index in [1.54, 1.807) is 53.4 Å².